The first-order valence-corrected chi connectivity index (χ1v) is 6.96. The normalized spacial score (nSPS) is 10.9. The van der Waals surface area contributed by atoms with Crippen molar-refractivity contribution in [2.24, 2.45) is 0 Å². The first-order chi connectivity index (χ1) is 10.4. The Morgan fingerprint density at radius 2 is 2.05 bits per heavy atom. The van der Waals surface area contributed by atoms with E-state index in [-0.39, 0.29) is 0 Å². The van der Waals surface area contributed by atoms with Crippen LogP contribution in [0.15, 0.2) is 42.9 Å². The summed E-state index contributed by atoms with van der Waals surface area (Å²) in [6.07, 6.45) is 3.33. The molecule has 2 aromatic heterocycles. The molecule has 108 valence electrons. The second-order valence-corrected chi connectivity index (χ2v) is 4.48. The average molecular weight is 283 g/mol. The number of fused-ring (bicyclic) bond motifs is 1. The van der Waals surface area contributed by atoms with Gasteiger partial charge in [-0.05, 0) is 19.1 Å². The highest BCUT2D eigenvalue weighted by atomic mass is 16.5. The first kappa shape index (κ1) is 13.5. The van der Waals surface area contributed by atoms with Crippen LogP contribution < -0.4 is 5.32 Å². The summed E-state index contributed by atoms with van der Waals surface area (Å²) in [7, 11) is 0. The van der Waals surface area contributed by atoms with Gasteiger partial charge in [0.05, 0.1) is 23.9 Å². The van der Waals surface area contributed by atoms with Crippen molar-refractivity contribution in [2.75, 3.05) is 25.1 Å². The lowest BCUT2D eigenvalue weighted by atomic mass is 10.3. The van der Waals surface area contributed by atoms with Gasteiger partial charge < -0.3 is 10.1 Å². The molecular weight excluding hydrogens is 266 g/mol. The quantitative estimate of drug-likeness (QED) is 0.703. The minimum absolute atomic E-state index is 0.648. The van der Waals surface area contributed by atoms with Gasteiger partial charge in [-0.2, -0.15) is 5.10 Å². The molecule has 0 radical (unpaired) electrons. The molecule has 3 rings (SSSR count). The molecule has 0 saturated heterocycles. The van der Waals surface area contributed by atoms with Crippen molar-refractivity contribution < 1.29 is 4.74 Å². The second kappa shape index (κ2) is 6.32. The van der Waals surface area contributed by atoms with E-state index in [1.807, 2.05) is 41.9 Å². The van der Waals surface area contributed by atoms with Gasteiger partial charge in [-0.25, -0.2) is 14.6 Å². The summed E-state index contributed by atoms with van der Waals surface area (Å²) in [4.78, 5) is 8.62. The van der Waals surface area contributed by atoms with Gasteiger partial charge in [0.2, 0.25) is 0 Å². The van der Waals surface area contributed by atoms with Crippen LogP contribution >= 0.6 is 0 Å². The van der Waals surface area contributed by atoms with E-state index in [2.05, 4.69) is 20.4 Å². The van der Waals surface area contributed by atoms with E-state index in [0.717, 1.165) is 22.5 Å². The molecule has 1 N–H and O–H groups in total. The maximum absolute atomic E-state index is 5.32. The number of para-hydroxylation sites is 1. The highest BCUT2D eigenvalue weighted by Crippen LogP contribution is 2.21. The minimum atomic E-state index is 0.648. The maximum atomic E-state index is 5.32. The Morgan fingerprint density at radius 3 is 2.86 bits per heavy atom. The summed E-state index contributed by atoms with van der Waals surface area (Å²) >= 11 is 0. The summed E-state index contributed by atoms with van der Waals surface area (Å²) in [6, 6.07) is 9.93. The molecule has 0 unspecified atom stereocenters. The summed E-state index contributed by atoms with van der Waals surface area (Å²) in [5.74, 6) is 0.780. The predicted octanol–water partition coefficient (Wildman–Crippen LogP) is 2.26. The van der Waals surface area contributed by atoms with Gasteiger partial charge >= 0.3 is 0 Å². The molecule has 21 heavy (non-hydrogen) atoms. The summed E-state index contributed by atoms with van der Waals surface area (Å²) in [5.41, 5.74) is 1.77. The lowest BCUT2D eigenvalue weighted by Crippen LogP contribution is -2.10. The molecule has 0 fully saturated rings. The molecule has 0 amide bonds. The Balaban J connectivity index is 1.89. The van der Waals surface area contributed by atoms with Crippen molar-refractivity contribution in [1.29, 1.82) is 0 Å². The monoisotopic (exact) mass is 283 g/mol. The van der Waals surface area contributed by atoms with E-state index in [1.165, 1.54) is 0 Å². The standard InChI is InChI=1S/C15H17N5O/c1-2-21-9-8-16-14-13-10-19-20(15(13)18-11-17-14)12-6-4-3-5-7-12/h3-7,10-11H,2,8-9H2,1H3,(H,16,17,18). The van der Waals surface area contributed by atoms with Crippen molar-refractivity contribution in [3.05, 3.63) is 42.9 Å². The number of nitrogens with zero attached hydrogens (tertiary/aromatic N) is 4. The fourth-order valence-corrected chi connectivity index (χ4v) is 2.13. The Morgan fingerprint density at radius 1 is 1.19 bits per heavy atom. The Bertz CT molecular complexity index is 710. The molecule has 6 nitrogen and oxygen atoms in total. The van der Waals surface area contributed by atoms with Crippen molar-refractivity contribution in [3.63, 3.8) is 0 Å². The topological polar surface area (TPSA) is 64.9 Å². The van der Waals surface area contributed by atoms with Gasteiger partial charge in [0.1, 0.15) is 12.1 Å². The van der Waals surface area contributed by atoms with E-state index in [9.17, 15) is 0 Å². The van der Waals surface area contributed by atoms with Crippen LogP contribution in [-0.2, 0) is 4.74 Å². The van der Waals surface area contributed by atoms with Crippen molar-refractivity contribution in [3.8, 4) is 5.69 Å². The molecule has 0 aliphatic rings. The second-order valence-electron chi connectivity index (χ2n) is 4.48. The molecule has 1 aromatic carbocycles. The number of benzene rings is 1. The molecule has 0 aliphatic heterocycles. The first-order valence-electron chi connectivity index (χ1n) is 6.96. The van der Waals surface area contributed by atoms with Gasteiger partial charge in [-0.1, -0.05) is 18.2 Å². The zero-order chi connectivity index (χ0) is 14.5. The lowest BCUT2D eigenvalue weighted by molar-refractivity contribution is 0.158. The third-order valence-electron chi connectivity index (χ3n) is 3.11. The highest BCUT2D eigenvalue weighted by molar-refractivity contribution is 5.87. The maximum Gasteiger partial charge on any atom is 0.168 e. The number of rotatable bonds is 6. The summed E-state index contributed by atoms with van der Waals surface area (Å²) < 4.78 is 7.13. The Labute approximate surface area is 122 Å². The molecule has 0 saturated carbocycles. The van der Waals surface area contributed by atoms with Gasteiger partial charge in [-0.3, -0.25) is 0 Å². The van der Waals surface area contributed by atoms with Crippen LogP contribution in [0.25, 0.3) is 16.7 Å². The fraction of sp³-hybridized carbons (Fsp3) is 0.267. The molecule has 2 heterocycles. The molecule has 6 heteroatoms. The molecule has 0 bridgehead atoms. The summed E-state index contributed by atoms with van der Waals surface area (Å²) in [6.45, 7) is 4.05. The molecular formula is C15H17N5O. The molecule has 0 atom stereocenters. The van der Waals surface area contributed by atoms with Gasteiger partial charge in [0, 0.05) is 13.2 Å². The van der Waals surface area contributed by atoms with Gasteiger partial charge in [0.25, 0.3) is 0 Å². The molecule has 3 aromatic rings. The minimum Gasteiger partial charge on any atom is -0.380 e. The van der Waals surface area contributed by atoms with Crippen molar-refractivity contribution in [2.45, 2.75) is 6.92 Å². The van der Waals surface area contributed by atoms with Crippen LogP contribution in [-0.4, -0.2) is 39.5 Å². The lowest BCUT2D eigenvalue weighted by Gasteiger charge is -2.06. The van der Waals surface area contributed by atoms with Gasteiger partial charge in [0.15, 0.2) is 5.65 Å². The highest BCUT2D eigenvalue weighted by Gasteiger charge is 2.10. The van der Waals surface area contributed by atoms with Crippen LogP contribution in [0.1, 0.15) is 6.92 Å². The van der Waals surface area contributed by atoms with E-state index in [4.69, 9.17) is 4.74 Å². The van der Waals surface area contributed by atoms with Crippen LogP contribution in [0.3, 0.4) is 0 Å². The van der Waals surface area contributed by atoms with Gasteiger partial charge in [-0.15, -0.1) is 0 Å². The zero-order valence-corrected chi connectivity index (χ0v) is 11.9. The fourth-order valence-electron chi connectivity index (χ4n) is 2.13. The van der Waals surface area contributed by atoms with Crippen molar-refractivity contribution >= 4 is 16.9 Å². The largest absolute Gasteiger partial charge is 0.380 e. The van der Waals surface area contributed by atoms with E-state index >= 15 is 0 Å². The van der Waals surface area contributed by atoms with E-state index in [1.54, 1.807) is 12.5 Å². The van der Waals surface area contributed by atoms with Crippen LogP contribution in [0.4, 0.5) is 5.82 Å². The number of anilines is 1. The van der Waals surface area contributed by atoms with Crippen LogP contribution in [0, 0.1) is 0 Å². The van der Waals surface area contributed by atoms with Crippen LogP contribution in [0.2, 0.25) is 0 Å². The predicted molar refractivity (Wildman–Crippen MR) is 81.6 cm³/mol. The van der Waals surface area contributed by atoms with Crippen LogP contribution in [0.5, 0.6) is 0 Å². The van der Waals surface area contributed by atoms with E-state index in [0.29, 0.717) is 19.8 Å². The average Bonchev–Trinajstić information content (AvgIpc) is 2.97. The number of hydrogen-bond acceptors (Lipinski definition) is 5. The van der Waals surface area contributed by atoms with E-state index < -0.39 is 0 Å². The summed E-state index contributed by atoms with van der Waals surface area (Å²) in [5, 5.41) is 8.57. The Kier molecular flexibility index (Phi) is 4.07. The van der Waals surface area contributed by atoms with Crippen molar-refractivity contribution in [1.82, 2.24) is 19.7 Å². The third kappa shape index (κ3) is 2.85. The number of hydrogen-bond donors (Lipinski definition) is 1. The number of ether oxygens (including phenoxy) is 1. The molecule has 0 aliphatic carbocycles. The SMILES string of the molecule is CCOCCNc1ncnc2c1cnn2-c1ccccc1. The number of aromatic nitrogens is 4. The zero-order valence-electron chi connectivity index (χ0n) is 11.9. The smallest absolute Gasteiger partial charge is 0.168 e. The number of nitrogens with one attached hydrogen (secondary N) is 1. The molecule has 0 spiro atoms. The third-order valence-corrected chi connectivity index (χ3v) is 3.11. The Hall–Kier alpha value is -2.47.